The smallest absolute Gasteiger partial charge is 0.338 e. The van der Waals surface area contributed by atoms with E-state index < -0.39 is 0 Å². The molecule has 1 N–H and O–H groups in total. The fourth-order valence-electron chi connectivity index (χ4n) is 1.70. The van der Waals surface area contributed by atoms with Crippen molar-refractivity contribution in [3.05, 3.63) is 47.8 Å². The third kappa shape index (κ3) is 3.92. The normalized spacial score (nSPS) is 10.2. The Bertz CT molecular complexity index is 632. The second kappa shape index (κ2) is 6.69. The van der Waals surface area contributed by atoms with Crippen molar-refractivity contribution < 1.29 is 14.3 Å². The molecule has 1 aromatic heterocycles. The van der Waals surface area contributed by atoms with Crippen molar-refractivity contribution in [2.75, 3.05) is 11.9 Å². The van der Waals surface area contributed by atoms with E-state index in [2.05, 4.69) is 10.4 Å². The molecule has 6 heteroatoms. The molecular formula is C15H17N3O3. The Labute approximate surface area is 122 Å². The van der Waals surface area contributed by atoms with E-state index in [1.54, 1.807) is 48.3 Å². The third-order valence-electron chi connectivity index (χ3n) is 2.76. The summed E-state index contributed by atoms with van der Waals surface area (Å²) in [4.78, 5) is 23.5. The van der Waals surface area contributed by atoms with E-state index in [1.165, 1.54) is 0 Å². The molecule has 0 radical (unpaired) electrons. The van der Waals surface area contributed by atoms with Crippen molar-refractivity contribution in [3.63, 3.8) is 0 Å². The average molecular weight is 287 g/mol. The van der Waals surface area contributed by atoms with E-state index in [0.717, 1.165) is 6.42 Å². The Balaban J connectivity index is 1.99. The lowest BCUT2D eigenvalue weighted by molar-refractivity contribution is 0.0505. The van der Waals surface area contributed by atoms with Gasteiger partial charge in [0.25, 0.3) is 5.91 Å². The first kappa shape index (κ1) is 14.8. The second-order valence-electron chi connectivity index (χ2n) is 4.54. The van der Waals surface area contributed by atoms with Crippen molar-refractivity contribution in [1.29, 1.82) is 0 Å². The van der Waals surface area contributed by atoms with Crippen LogP contribution in [-0.4, -0.2) is 28.3 Å². The highest BCUT2D eigenvalue weighted by Gasteiger charge is 2.10. The molecule has 0 spiro atoms. The van der Waals surface area contributed by atoms with E-state index in [-0.39, 0.29) is 11.9 Å². The molecule has 0 fully saturated rings. The van der Waals surface area contributed by atoms with Crippen LogP contribution in [0.15, 0.2) is 36.5 Å². The number of esters is 1. The van der Waals surface area contributed by atoms with Crippen molar-refractivity contribution in [1.82, 2.24) is 9.78 Å². The van der Waals surface area contributed by atoms with E-state index in [4.69, 9.17) is 4.74 Å². The van der Waals surface area contributed by atoms with Gasteiger partial charge in [0.05, 0.1) is 12.2 Å². The molecule has 2 aromatic rings. The standard InChI is InChI=1S/C15H17N3O3/c1-3-10-21-15(20)11-4-6-12(7-5-11)16-14(19)13-8-9-18(2)17-13/h4-9H,3,10H2,1-2H3,(H,16,19). The van der Waals surface area contributed by atoms with Crippen LogP contribution in [0, 0.1) is 0 Å². The number of ether oxygens (including phenoxy) is 1. The number of aromatic nitrogens is 2. The largest absolute Gasteiger partial charge is 0.462 e. The third-order valence-corrected chi connectivity index (χ3v) is 2.76. The molecule has 0 saturated carbocycles. The topological polar surface area (TPSA) is 73.2 Å². The van der Waals surface area contributed by atoms with Gasteiger partial charge in [0.2, 0.25) is 0 Å². The van der Waals surface area contributed by atoms with Crippen LogP contribution in [0.25, 0.3) is 0 Å². The predicted octanol–water partition coefficient (Wildman–Crippen LogP) is 2.24. The minimum Gasteiger partial charge on any atom is -0.462 e. The van der Waals surface area contributed by atoms with Crippen LogP contribution >= 0.6 is 0 Å². The summed E-state index contributed by atoms with van der Waals surface area (Å²) in [6.45, 7) is 2.33. The fourth-order valence-corrected chi connectivity index (χ4v) is 1.70. The van der Waals surface area contributed by atoms with Gasteiger partial charge in [-0.05, 0) is 36.8 Å². The number of benzene rings is 1. The highest BCUT2D eigenvalue weighted by Crippen LogP contribution is 2.12. The zero-order chi connectivity index (χ0) is 15.2. The predicted molar refractivity (Wildman–Crippen MR) is 78.2 cm³/mol. The number of hydrogen-bond acceptors (Lipinski definition) is 4. The molecule has 1 aromatic carbocycles. The molecule has 0 bridgehead atoms. The van der Waals surface area contributed by atoms with Crippen LogP contribution in [-0.2, 0) is 11.8 Å². The van der Waals surface area contributed by atoms with Gasteiger partial charge in [-0.15, -0.1) is 0 Å². The molecule has 0 aliphatic carbocycles. The lowest BCUT2D eigenvalue weighted by Crippen LogP contribution is -2.13. The van der Waals surface area contributed by atoms with E-state index in [0.29, 0.717) is 23.6 Å². The molecule has 2 rings (SSSR count). The summed E-state index contributed by atoms with van der Waals surface area (Å²) in [5.74, 6) is -0.656. The van der Waals surface area contributed by atoms with Crippen LogP contribution in [0.5, 0.6) is 0 Å². The molecule has 21 heavy (non-hydrogen) atoms. The minimum absolute atomic E-state index is 0.295. The maximum atomic E-state index is 11.9. The second-order valence-corrected chi connectivity index (χ2v) is 4.54. The number of carbonyl (C=O) groups is 2. The monoisotopic (exact) mass is 287 g/mol. The Kier molecular flexibility index (Phi) is 4.71. The lowest BCUT2D eigenvalue weighted by Gasteiger charge is -2.05. The van der Waals surface area contributed by atoms with Gasteiger partial charge in [0, 0.05) is 18.9 Å². The van der Waals surface area contributed by atoms with Crippen LogP contribution in [0.4, 0.5) is 5.69 Å². The number of hydrogen-bond donors (Lipinski definition) is 1. The van der Waals surface area contributed by atoms with Gasteiger partial charge in [-0.3, -0.25) is 9.48 Å². The number of rotatable bonds is 5. The average Bonchev–Trinajstić information content (AvgIpc) is 2.92. The first-order valence-electron chi connectivity index (χ1n) is 6.68. The van der Waals surface area contributed by atoms with Crippen LogP contribution in [0.2, 0.25) is 0 Å². The van der Waals surface area contributed by atoms with E-state index in [9.17, 15) is 9.59 Å². The molecule has 6 nitrogen and oxygen atoms in total. The van der Waals surface area contributed by atoms with Crippen molar-refractivity contribution in [2.24, 2.45) is 7.05 Å². The number of nitrogens with zero attached hydrogens (tertiary/aromatic N) is 2. The first-order chi connectivity index (χ1) is 10.1. The maximum Gasteiger partial charge on any atom is 0.338 e. The number of carbonyl (C=O) groups excluding carboxylic acids is 2. The van der Waals surface area contributed by atoms with E-state index in [1.807, 2.05) is 6.92 Å². The Morgan fingerprint density at radius 2 is 1.95 bits per heavy atom. The molecule has 0 saturated heterocycles. The fraction of sp³-hybridized carbons (Fsp3) is 0.267. The highest BCUT2D eigenvalue weighted by molar-refractivity contribution is 6.03. The van der Waals surface area contributed by atoms with Crippen LogP contribution in [0.3, 0.4) is 0 Å². The maximum absolute atomic E-state index is 11.9. The van der Waals surface area contributed by atoms with Gasteiger partial charge in [-0.25, -0.2) is 4.79 Å². The SMILES string of the molecule is CCCOC(=O)c1ccc(NC(=O)c2ccn(C)n2)cc1. The molecule has 0 aliphatic heterocycles. The summed E-state index contributed by atoms with van der Waals surface area (Å²) in [6, 6.07) is 8.18. The van der Waals surface area contributed by atoms with Crippen molar-refractivity contribution >= 4 is 17.6 Å². The molecule has 0 atom stereocenters. The van der Waals surface area contributed by atoms with Crippen molar-refractivity contribution in [3.8, 4) is 0 Å². The first-order valence-corrected chi connectivity index (χ1v) is 6.68. The Morgan fingerprint density at radius 3 is 2.52 bits per heavy atom. The molecule has 1 heterocycles. The number of amides is 1. The quantitative estimate of drug-likeness (QED) is 0.856. The molecule has 0 unspecified atom stereocenters. The molecule has 110 valence electrons. The minimum atomic E-state index is -0.362. The van der Waals surface area contributed by atoms with Gasteiger partial charge < -0.3 is 10.1 Å². The van der Waals surface area contributed by atoms with Crippen LogP contribution < -0.4 is 5.32 Å². The molecule has 1 amide bonds. The van der Waals surface area contributed by atoms with Crippen molar-refractivity contribution in [2.45, 2.75) is 13.3 Å². The number of nitrogens with one attached hydrogen (secondary N) is 1. The Morgan fingerprint density at radius 1 is 1.24 bits per heavy atom. The summed E-state index contributed by atoms with van der Waals surface area (Å²) in [5.41, 5.74) is 1.39. The van der Waals surface area contributed by atoms with Gasteiger partial charge >= 0.3 is 5.97 Å². The summed E-state index contributed by atoms with van der Waals surface area (Å²) in [6.07, 6.45) is 2.48. The zero-order valence-electron chi connectivity index (χ0n) is 12.0. The lowest BCUT2D eigenvalue weighted by atomic mass is 10.2. The summed E-state index contributed by atoms with van der Waals surface area (Å²) in [5, 5.41) is 6.73. The zero-order valence-corrected chi connectivity index (χ0v) is 12.0. The van der Waals surface area contributed by atoms with Gasteiger partial charge in [-0.1, -0.05) is 6.92 Å². The summed E-state index contributed by atoms with van der Waals surface area (Å²) < 4.78 is 6.59. The van der Waals surface area contributed by atoms with Gasteiger partial charge in [0.15, 0.2) is 5.69 Å². The molecule has 0 aliphatic rings. The summed E-state index contributed by atoms with van der Waals surface area (Å²) in [7, 11) is 1.74. The van der Waals surface area contributed by atoms with Gasteiger partial charge in [0.1, 0.15) is 0 Å². The highest BCUT2D eigenvalue weighted by atomic mass is 16.5. The molecular weight excluding hydrogens is 270 g/mol. The summed E-state index contributed by atoms with van der Waals surface area (Å²) >= 11 is 0. The van der Waals surface area contributed by atoms with E-state index >= 15 is 0 Å². The Hall–Kier alpha value is -2.63. The number of anilines is 1. The van der Waals surface area contributed by atoms with Gasteiger partial charge in [-0.2, -0.15) is 5.10 Å². The van der Waals surface area contributed by atoms with Crippen LogP contribution in [0.1, 0.15) is 34.2 Å². The number of aryl methyl sites for hydroxylation is 1.